The van der Waals surface area contributed by atoms with Crippen molar-refractivity contribution >= 4 is 17.5 Å². The summed E-state index contributed by atoms with van der Waals surface area (Å²) in [4.78, 5) is 26.3. The Balaban J connectivity index is 2.68. The molecule has 0 aliphatic carbocycles. The summed E-state index contributed by atoms with van der Waals surface area (Å²) in [7, 11) is 0. The number of nitrogens with zero attached hydrogens (tertiary/aromatic N) is 1. The molecule has 2 amide bonds. The maximum Gasteiger partial charge on any atom is 0.246 e. The molecule has 5 heteroatoms. The first-order chi connectivity index (χ1) is 10.5. The third-order valence-corrected chi connectivity index (χ3v) is 3.49. The van der Waals surface area contributed by atoms with E-state index in [1.807, 2.05) is 44.2 Å². The van der Waals surface area contributed by atoms with Crippen LogP contribution in [0.2, 0.25) is 0 Å². The molecule has 1 aromatic rings. The number of benzene rings is 1. The summed E-state index contributed by atoms with van der Waals surface area (Å²) in [5, 5.41) is 2.84. The van der Waals surface area contributed by atoms with Crippen LogP contribution in [0.3, 0.4) is 0 Å². The average molecular weight is 305 g/mol. The maximum absolute atomic E-state index is 12.3. The van der Waals surface area contributed by atoms with E-state index in [0.29, 0.717) is 19.4 Å². The molecule has 5 nitrogen and oxygen atoms in total. The number of amides is 2. The van der Waals surface area contributed by atoms with E-state index in [0.717, 1.165) is 12.1 Å². The van der Waals surface area contributed by atoms with Crippen LogP contribution in [0.25, 0.3) is 0 Å². The highest BCUT2D eigenvalue weighted by Crippen LogP contribution is 2.11. The second kappa shape index (κ2) is 9.20. The fraction of sp³-hybridized carbons (Fsp3) is 0.529. The predicted octanol–water partition coefficient (Wildman–Crippen LogP) is 2.38. The van der Waals surface area contributed by atoms with E-state index in [9.17, 15) is 9.59 Å². The lowest BCUT2D eigenvalue weighted by Gasteiger charge is -2.28. The molecule has 122 valence electrons. The largest absolute Gasteiger partial charge is 0.331 e. The smallest absolute Gasteiger partial charge is 0.246 e. The highest BCUT2D eigenvalue weighted by Gasteiger charge is 2.25. The van der Waals surface area contributed by atoms with Gasteiger partial charge in [0.25, 0.3) is 0 Å². The number of carbonyl (C=O) groups excluding carboxylic acids is 2. The van der Waals surface area contributed by atoms with Crippen LogP contribution >= 0.6 is 0 Å². The van der Waals surface area contributed by atoms with Crippen LogP contribution in [0.4, 0.5) is 5.69 Å². The highest BCUT2D eigenvalue weighted by molar-refractivity contribution is 5.96. The molecule has 0 aliphatic rings. The molecule has 0 heterocycles. The van der Waals surface area contributed by atoms with Gasteiger partial charge in [-0.15, -0.1) is 0 Å². The van der Waals surface area contributed by atoms with Gasteiger partial charge in [-0.3, -0.25) is 9.59 Å². The molecular weight excluding hydrogens is 278 g/mol. The van der Waals surface area contributed by atoms with E-state index < -0.39 is 6.04 Å². The van der Waals surface area contributed by atoms with E-state index in [1.54, 1.807) is 11.8 Å². The fourth-order valence-corrected chi connectivity index (χ4v) is 2.18. The first kappa shape index (κ1) is 18.2. The fourth-order valence-electron chi connectivity index (χ4n) is 2.18. The minimum atomic E-state index is -0.499. The van der Waals surface area contributed by atoms with Crippen molar-refractivity contribution in [3.05, 3.63) is 30.3 Å². The van der Waals surface area contributed by atoms with Crippen LogP contribution in [0.15, 0.2) is 30.3 Å². The lowest BCUT2D eigenvalue weighted by Crippen LogP contribution is -2.46. The third-order valence-electron chi connectivity index (χ3n) is 3.49. The van der Waals surface area contributed by atoms with Crippen LogP contribution < -0.4 is 11.1 Å². The lowest BCUT2D eigenvalue weighted by molar-refractivity contribution is -0.138. The van der Waals surface area contributed by atoms with Gasteiger partial charge < -0.3 is 16.0 Å². The summed E-state index contributed by atoms with van der Waals surface area (Å²) in [6.45, 7) is 6.20. The van der Waals surface area contributed by atoms with Crippen molar-refractivity contribution in [1.82, 2.24) is 4.90 Å². The van der Waals surface area contributed by atoms with Crippen LogP contribution in [-0.2, 0) is 9.59 Å². The number of nitrogens with two attached hydrogens (primary N) is 1. The molecule has 1 rings (SSSR count). The Morgan fingerprint density at radius 3 is 2.41 bits per heavy atom. The number of hydrogen-bond acceptors (Lipinski definition) is 3. The van der Waals surface area contributed by atoms with Crippen LogP contribution in [0, 0.1) is 0 Å². The minimum Gasteiger partial charge on any atom is -0.331 e. The molecule has 0 bridgehead atoms. The van der Waals surface area contributed by atoms with Gasteiger partial charge in [-0.2, -0.15) is 0 Å². The van der Waals surface area contributed by atoms with Crippen LogP contribution in [-0.4, -0.2) is 35.3 Å². The molecule has 0 spiro atoms. The molecule has 1 aromatic carbocycles. The summed E-state index contributed by atoms with van der Waals surface area (Å²) in [5.74, 6) is -0.191. The van der Waals surface area contributed by atoms with Crippen molar-refractivity contribution < 1.29 is 9.59 Å². The van der Waals surface area contributed by atoms with Crippen LogP contribution in [0.1, 0.15) is 40.0 Å². The van der Waals surface area contributed by atoms with Gasteiger partial charge in [0.2, 0.25) is 11.8 Å². The van der Waals surface area contributed by atoms with Crippen molar-refractivity contribution in [2.24, 2.45) is 5.73 Å². The van der Waals surface area contributed by atoms with Gasteiger partial charge in [-0.1, -0.05) is 25.1 Å². The van der Waals surface area contributed by atoms with Gasteiger partial charge in [0.05, 0.1) is 0 Å². The Labute approximate surface area is 132 Å². The summed E-state index contributed by atoms with van der Waals surface area (Å²) in [6, 6.07) is 8.75. The Bertz CT molecular complexity index is 474. The monoisotopic (exact) mass is 305 g/mol. The number of rotatable bonds is 8. The minimum absolute atomic E-state index is 0.0131. The molecule has 3 N–H and O–H groups in total. The number of nitrogens with one attached hydrogen (secondary N) is 1. The number of carbonyl (C=O) groups is 2. The summed E-state index contributed by atoms with van der Waals surface area (Å²) in [6.07, 6.45) is 1.82. The summed E-state index contributed by atoms with van der Waals surface area (Å²) >= 11 is 0. The van der Waals surface area contributed by atoms with Gasteiger partial charge in [-0.25, -0.2) is 0 Å². The Hall–Kier alpha value is -1.88. The molecule has 0 aliphatic heterocycles. The molecule has 0 aromatic heterocycles. The Kier molecular flexibility index (Phi) is 7.60. The van der Waals surface area contributed by atoms with Crippen molar-refractivity contribution in [2.75, 3.05) is 11.9 Å². The van der Waals surface area contributed by atoms with Crippen molar-refractivity contribution in [2.45, 2.75) is 52.1 Å². The molecule has 0 fully saturated rings. The second-order valence-corrected chi connectivity index (χ2v) is 5.63. The van der Waals surface area contributed by atoms with Crippen molar-refractivity contribution in [3.8, 4) is 0 Å². The summed E-state index contributed by atoms with van der Waals surface area (Å²) < 4.78 is 0. The zero-order chi connectivity index (χ0) is 16.5. The zero-order valence-corrected chi connectivity index (χ0v) is 13.7. The van der Waals surface area contributed by atoms with E-state index in [2.05, 4.69) is 5.32 Å². The molecular formula is C17H27N3O2. The van der Waals surface area contributed by atoms with Gasteiger partial charge in [-0.05, 0) is 38.8 Å². The Morgan fingerprint density at radius 1 is 1.23 bits per heavy atom. The number of anilines is 1. The van der Waals surface area contributed by atoms with Gasteiger partial charge >= 0.3 is 0 Å². The molecule has 0 saturated heterocycles. The molecule has 22 heavy (non-hydrogen) atoms. The Morgan fingerprint density at radius 2 is 1.86 bits per heavy atom. The number of para-hydroxylation sites is 1. The second-order valence-electron chi connectivity index (χ2n) is 5.63. The maximum atomic E-state index is 12.3. The van der Waals surface area contributed by atoms with E-state index in [1.165, 1.54) is 0 Å². The summed E-state index contributed by atoms with van der Waals surface area (Å²) in [5.41, 5.74) is 6.44. The topological polar surface area (TPSA) is 75.4 Å². The first-order valence-corrected chi connectivity index (χ1v) is 7.86. The quantitative estimate of drug-likeness (QED) is 0.774. The molecule has 2 unspecified atom stereocenters. The van der Waals surface area contributed by atoms with Gasteiger partial charge in [0.15, 0.2) is 0 Å². The van der Waals surface area contributed by atoms with E-state index >= 15 is 0 Å². The highest BCUT2D eigenvalue weighted by atomic mass is 16.2. The molecule has 2 atom stereocenters. The normalized spacial score (nSPS) is 13.3. The standard InChI is InChI=1S/C17H27N3O2/c1-4-12-20(16(21)11-10-13(2)18)14(3)17(22)19-15-8-6-5-7-9-15/h5-9,13-14H,4,10-12,18H2,1-3H3,(H,19,22). The number of hydrogen-bond donors (Lipinski definition) is 2. The van der Waals surface area contributed by atoms with Gasteiger partial charge in [0.1, 0.15) is 6.04 Å². The lowest BCUT2D eigenvalue weighted by atomic mass is 10.1. The SMILES string of the molecule is CCCN(C(=O)CCC(C)N)C(C)C(=O)Nc1ccccc1. The third kappa shape index (κ3) is 5.85. The molecule has 0 radical (unpaired) electrons. The van der Waals surface area contributed by atoms with Gasteiger partial charge in [0, 0.05) is 24.7 Å². The molecule has 0 saturated carbocycles. The predicted molar refractivity (Wildman–Crippen MR) is 89.4 cm³/mol. The zero-order valence-electron chi connectivity index (χ0n) is 13.7. The average Bonchev–Trinajstić information content (AvgIpc) is 2.50. The van der Waals surface area contributed by atoms with Crippen molar-refractivity contribution in [1.29, 1.82) is 0 Å². The van der Waals surface area contributed by atoms with E-state index in [-0.39, 0.29) is 17.9 Å². The van der Waals surface area contributed by atoms with E-state index in [4.69, 9.17) is 5.73 Å². The first-order valence-electron chi connectivity index (χ1n) is 7.86. The van der Waals surface area contributed by atoms with Crippen LogP contribution in [0.5, 0.6) is 0 Å². The van der Waals surface area contributed by atoms with Crippen molar-refractivity contribution in [3.63, 3.8) is 0 Å².